The van der Waals surface area contributed by atoms with Gasteiger partial charge >= 0.3 is 5.69 Å². The molecule has 0 aliphatic carbocycles. The van der Waals surface area contributed by atoms with Gasteiger partial charge in [0.25, 0.3) is 0 Å². The molecule has 0 aliphatic rings. The summed E-state index contributed by atoms with van der Waals surface area (Å²) in [4.78, 5) is 17.1. The Kier molecular flexibility index (Phi) is 4.77. The highest BCUT2D eigenvalue weighted by Crippen LogP contribution is 2.24. The number of nitrogens with zero attached hydrogens (tertiary/aromatic N) is 5. The van der Waals surface area contributed by atoms with Gasteiger partial charge < -0.3 is 9.30 Å². The maximum atomic E-state index is 12.3. The molecule has 4 aromatic rings. The van der Waals surface area contributed by atoms with Crippen molar-refractivity contribution >= 4 is 28.4 Å². The summed E-state index contributed by atoms with van der Waals surface area (Å²) in [5.74, 6) is 0.708. The van der Waals surface area contributed by atoms with Gasteiger partial charge in [-0.3, -0.25) is 4.40 Å². The average Bonchev–Trinajstić information content (AvgIpc) is 3.18. The number of methoxy groups -OCH3 is 1. The topological polar surface area (TPSA) is 66.3 Å². The molecule has 1 aromatic carbocycles. The van der Waals surface area contributed by atoms with Crippen molar-refractivity contribution in [2.45, 2.75) is 18.2 Å². The van der Waals surface area contributed by atoms with Crippen LogP contribution in [0.4, 0.5) is 0 Å². The van der Waals surface area contributed by atoms with Crippen LogP contribution in [0, 0.1) is 0 Å². The average molecular weight is 369 g/mol. The predicted octanol–water partition coefficient (Wildman–Crippen LogP) is 2.28. The van der Waals surface area contributed by atoms with E-state index < -0.39 is 0 Å². The van der Waals surface area contributed by atoms with Crippen LogP contribution in [0.2, 0.25) is 0 Å². The van der Waals surface area contributed by atoms with Gasteiger partial charge in [0.05, 0.1) is 24.2 Å². The van der Waals surface area contributed by atoms with Crippen LogP contribution >= 0.6 is 11.8 Å². The molecule has 0 amide bonds. The first-order valence-electron chi connectivity index (χ1n) is 8.39. The van der Waals surface area contributed by atoms with Crippen molar-refractivity contribution in [1.29, 1.82) is 0 Å². The van der Waals surface area contributed by atoms with Crippen LogP contribution < -0.4 is 5.69 Å². The van der Waals surface area contributed by atoms with Gasteiger partial charge in [-0.15, -0.1) is 5.10 Å². The summed E-state index contributed by atoms with van der Waals surface area (Å²) in [5.41, 5.74) is 2.61. The van der Waals surface area contributed by atoms with Gasteiger partial charge in [0, 0.05) is 25.6 Å². The molecule has 8 heteroatoms. The van der Waals surface area contributed by atoms with E-state index in [0.717, 1.165) is 22.7 Å². The smallest absolute Gasteiger partial charge is 0.350 e. The highest BCUT2D eigenvalue weighted by atomic mass is 32.2. The molecule has 0 fully saturated rings. The standard InChI is InChI=1S/C18H19N5O2S/c1-25-12-10-21-15-7-3-2-6-14(15)19-17(21)26-13-11-23-18(24)22-9-5-4-8-16(22)20-23/h2-9H,10-13H2,1H3. The summed E-state index contributed by atoms with van der Waals surface area (Å²) in [7, 11) is 1.70. The largest absolute Gasteiger partial charge is 0.383 e. The monoisotopic (exact) mass is 369 g/mol. The molecule has 4 rings (SSSR count). The van der Waals surface area contributed by atoms with Gasteiger partial charge in [0.2, 0.25) is 0 Å². The molecule has 0 spiro atoms. The molecule has 0 radical (unpaired) electrons. The van der Waals surface area contributed by atoms with Gasteiger partial charge in [-0.1, -0.05) is 30.0 Å². The number of hydrogen-bond acceptors (Lipinski definition) is 5. The fourth-order valence-electron chi connectivity index (χ4n) is 2.90. The number of aryl methyl sites for hydroxylation is 1. The SMILES string of the molecule is COCCn1c(SCCn2nc3ccccn3c2=O)nc2ccccc21. The van der Waals surface area contributed by atoms with Crippen LogP contribution in [0.25, 0.3) is 16.7 Å². The Hall–Kier alpha value is -2.58. The Bertz CT molecular complexity index is 1100. The third kappa shape index (κ3) is 3.13. The molecule has 0 unspecified atom stereocenters. The molecule has 7 nitrogen and oxygen atoms in total. The Balaban J connectivity index is 1.53. The van der Waals surface area contributed by atoms with Crippen LogP contribution in [-0.4, -0.2) is 43.2 Å². The first-order valence-corrected chi connectivity index (χ1v) is 9.37. The highest BCUT2D eigenvalue weighted by molar-refractivity contribution is 7.99. The molecular formula is C18H19N5O2S. The Morgan fingerprint density at radius 1 is 1.12 bits per heavy atom. The summed E-state index contributed by atoms with van der Waals surface area (Å²) < 4.78 is 10.4. The predicted molar refractivity (Wildman–Crippen MR) is 102 cm³/mol. The molecule has 26 heavy (non-hydrogen) atoms. The van der Waals surface area contributed by atoms with Crippen molar-refractivity contribution in [2.75, 3.05) is 19.5 Å². The Labute approximate surface area is 154 Å². The van der Waals surface area contributed by atoms with Crippen molar-refractivity contribution in [3.63, 3.8) is 0 Å². The lowest BCUT2D eigenvalue weighted by Gasteiger charge is -2.08. The quantitative estimate of drug-likeness (QED) is 0.468. The zero-order valence-corrected chi connectivity index (χ0v) is 15.2. The lowest BCUT2D eigenvalue weighted by atomic mass is 10.3. The maximum absolute atomic E-state index is 12.3. The van der Waals surface area contributed by atoms with Crippen LogP contribution in [-0.2, 0) is 17.8 Å². The fourth-order valence-corrected chi connectivity index (χ4v) is 3.85. The molecule has 0 saturated heterocycles. The van der Waals surface area contributed by atoms with E-state index in [1.807, 2.05) is 36.4 Å². The van der Waals surface area contributed by atoms with Crippen molar-refractivity contribution in [3.05, 3.63) is 59.1 Å². The highest BCUT2D eigenvalue weighted by Gasteiger charge is 2.12. The molecule has 3 heterocycles. The van der Waals surface area contributed by atoms with Crippen molar-refractivity contribution in [3.8, 4) is 0 Å². The van der Waals surface area contributed by atoms with Crippen molar-refractivity contribution in [2.24, 2.45) is 0 Å². The lowest BCUT2D eigenvalue weighted by Crippen LogP contribution is -2.22. The number of aromatic nitrogens is 5. The van der Waals surface area contributed by atoms with Crippen LogP contribution in [0.3, 0.4) is 0 Å². The van der Waals surface area contributed by atoms with Crippen LogP contribution in [0.5, 0.6) is 0 Å². The Morgan fingerprint density at radius 3 is 2.81 bits per heavy atom. The van der Waals surface area contributed by atoms with E-state index in [0.29, 0.717) is 24.6 Å². The summed E-state index contributed by atoms with van der Waals surface area (Å²) in [6, 6.07) is 13.6. The third-order valence-electron chi connectivity index (χ3n) is 4.16. The number of fused-ring (bicyclic) bond motifs is 2. The minimum atomic E-state index is -0.117. The zero-order valence-electron chi connectivity index (χ0n) is 14.4. The van der Waals surface area contributed by atoms with E-state index in [4.69, 9.17) is 9.72 Å². The van der Waals surface area contributed by atoms with Crippen LogP contribution in [0.1, 0.15) is 0 Å². The van der Waals surface area contributed by atoms with E-state index in [1.54, 1.807) is 29.5 Å². The number of ether oxygens (including phenoxy) is 1. The minimum Gasteiger partial charge on any atom is -0.383 e. The van der Waals surface area contributed by atoms with Gasteiger partial charge in [0.1, 0.15) is 0 Å². The second-order valence-corrected chi connectivity index (χ2v) is 6.87. The number of benzene rings is 1. The maximum Gasteiger partial charge on any atom is 0.350 e. The van der Waals surface area contributed by atoms with E-state index in [1.165, 1.54) is 4.68 Å². The van der Waals surface area contributed by atoms with E-state index >= 15 is 0 Å². The van der Waals surface area contributed by atoms with Crippen molar-refractivity contribution < 1.29 is 4.74 Å². The van der Waals surface area contributed by atoms with Gasteiger partial charge in [-0.2, -0.15) is 0 Å². The number of rotatable bonds is 7. The number of para-hydroxylation sites is 2. The normalized spacial score (nSPS) is 11.6. The first kappa shape index (κ1) is 16.9. The lowest BCUT2D eigenvalue weighted by molar-refractivity contribution is 0.186. The minimum absolute atomic E-state index is 0.117. The molecule has 0 N–H and O–H groups in total. The van der Waals surface area contributed by atoms with E-state index in [-0.39, 0.29) is 5.69 Å². The van der Waals surface area contributed by atoms with E-state index in [9.17, 15) is 4.79 Å². The van der Waals surface area contributed by atoms with Gasteiger partial charge in [0.15, 0.2) is 10.8 Å². The van der Waals surface area contributed by atoms with Gasteiger partial charge in [-0.25, -0.2) is 14.5 Å². The second kappa shape index (κ2) is 7.35. The first-order chi connectivity index (χ1) is 12.8. The number of imidazole rings is 1. The molecular weight excluding hydrogens is 350 g/mol. The molecule has 0 saturated carbocycles. The van der Waals surface area contributed by atoms with Gasteiger partial charge in [-0.05, 0) is 24.3 Å². The Morgan fingerprint density at radius 2 is 1.96 bits per heavy atom. The van der Waals surface area contributed by atoms with E-state index in [2.05, 4.69) is 15.7 Å². The molecule has 0 aliphatic heterocycles. The fraction of sp³-hybridized carbons (Fsp3) is 0.278. The zero-order chi connectivity index (χ0) is 17.9. The summed E-state index contributed by atoms with van der Waals surface area (Å²) in [6.07, 6.45) is 1.73. The summed E-state index contributed by atoms with van der Waals surface area (Å²) in [6.45, 7) is 1.89. The molecule has 0 atom stereocenters. The summed E-state index contributed by atoms with van der Waals surface area (Å²) in [5, 5.41) is 5.30. The number of hydrogen-bond donors (Lipinski definition) is 0. The van der Waals surface area contributed by atoms with Crippen molar-refractivity contribution in [1.82, 2.24) is 23.7 Å². The number of pyridine rings is 1. The second-order valence-electron chi connectivity index (χ2n) is 5.81. The third-order valence-corrected chi connectivity index (χ3v) is 5.12. The molecule has 134 valence electrons. The van der Waals surface area contributed by atoms with Crippen LogP contribution in [0.15, 0.2) is 58.6 Å². The summed E-state index contributed by atoms with van der Waals surface area (Å²) >= 11 is 1.62. The number of thioether (sulfide) groups is 1. The molecule has 3 aromatic heterocycles. The molecule has 0 bridgehead atoms.